The van der Waals surface area contributed by atoms with Crippen molar-refractivity contribution in [2.24, 2.45) is 0 Å². The van der Waals surface area contributed by atoms with Crippen molar-refractivity contribution in [2.45, 2.75) is 0 Å². The molecule has 0 unspecified atom stereocenters. The number of para-hydroxylation sites is 1. The SMILES string of the molecule is O=C(Nc1ccc(Nc2ccccc2)cc1)c1ccc(-n2ccnc2)cc1. The van der Waals surface area contributed by atoms with Crippen LogP contribution in [0.3, 0.4) is 0 Å². The number of nitrogens with zero attached hydrogens (tertiary/aromatic N) is 2. The fraction of sp³-hybridized carbons (Fsp3) is 0. The molecular formula is C22H18N4O. The lowest BCUT2D eigenvalue weighted by molar-refractivity contribution is 0.102. The molecule has 132 valence electrons. The molecule has 5 nitrogen and oxygen atoms in total. The predicted octanol–water partition coefficient (Wildman–Crippen LogP) is 4.87. The van der Waals surface area contributed by atoms with Crippen molar-refractivity contribution >= 4 is 23.0 Å². The number of imidazole rings is 1. The quantitative estimate of drug-likeness (QED) is 0.538. The molecule has 1 amide bonds. The summed E-state index contributed by atoms with van der Waals surface area (Å²) in [7, 11) is 0. The Morgan fingerprint density at radius 2 is 1.44 bits per heavy atom. The first kappa shape index (κ1) is 16.6. The first-order chi connectivity index (χ1) is 13.3. The molecule has 2 N–H and O–H groups in total. The number of aromatic nitrogens is 2. The summed E-state index contributed by atoms with van der Waals surface area (Å²) in [4.78, 5) is 16.5. The lowest BCUT2D eigenvalue weighted by Crippen LogP contribution is -2.11. The van der Waals surface area contributed by atoms with Crippen LogP contribution in [0.15, 0.2) is 97.6 Å². The molecular weight excluding hydrogens is 336 g/mol. The highest BCUT2D eigenvalue weighted by Gasteiger charge is 2.06. The number of amides is 1. The Balaban J connectivity index is 1.40. The van der Waals surface area contributed by atoms with E-state index in [-0.39, 0.29) is 5.91 Å². The van der Waals surface area contributed by atoms with Gasteiger partial charge in [0.2, 0.25) is 0 Å². The van der Waals surface area contributed by atoms with E-state index in [0.29, 0.717) is 5.56 Å². The Bertz CT molecular complexity index is 1010. The number of anilines is 3. The third-order valence-electron chi connectivity index (χ3n) is 4.14. The van der Waals surface area contributed by atoms with E-state index in [1.807, 2.05) is 77.5 Å². The summed E-state index contributed by atoms with van der Waals surface area (Å²) >= 11 is 0. The van der Waals surface area contributed by atoms with Crippen LogP contribution in [0.1, 0.15) is 10.4 Å². The zero-order valence-corrected chi connectivity index (χ0v) is 14.5. The zero-order valence-electron chi connectivity index (χ0n) is 14.5. The van der Waals surface area contributed by atoms with Gasteiger partial charge in [-0.05, 0) is 60.7 Å². The summed E-state index contributed by atoms with van der Waals surface area (Å²) in [6.07, 6.45) is 5.30. The summed E-state index contributed by atoms with van der Waals surface area (Å²) in [6.45, 7) is 0. The second kappa shape index (κ2) is 7.58. The van der Waals surface area contributed by atoms with Crippen LogP contribution >= 0.6 is 0 Å². The number of hydrogen-bond acceptors (Lipinski definition) is 3. The molecule has 5 heteroatoms. The Morgan fingerprint density at radius 3 is 2.11 bits per heavy atom. The highest BCUT2D eigenvalue weighted by atomic mass is 16.1. The molecule has 0 radical (unpaired) electrons. The van der Waals surface area contributed by atoms with E-state index < -0.39 is 0 Å². The molecule has 0 aliphatic heterocycles. The third-order valence-corrected chi connectivity index (χ3v) is 4.14. The maximum absolute atomic E-state index is 12.4. The average Bonchev–Trinajstić information content (AvgIpc) is 3.25. The molecule has 0 fully saturated rings. The fourth-order valence-electron chi connectivity index (χ4n) is 2.73. The van der Waals surface area contributed by atoms with Crippen LogP contribution in [0.2, 0.25) is 0 Å². The zero-order chi connectivity index (χ0) is 18.5. The van der Waals surface area contributed by atoms with Crippen LogP contribution in [-0.4, -0.2) is 15.5 Å². The molecule has 0 spiro atoms. The van der Waals surface area contributed by atoms with Gasteiger partial charge in [-0.2, -0.15) is 0 Å². The highest BCUT2D eigenvalue weighted by molar-refractivity contribution is 6.04. The Labute approximate surface area is 157 Å². The maximum Gasteiger partial charge on any atom is 0.255 e. The maximum atomic E-state index is 12.4. The van der Waals surface area contributed by atoms with Gasteiger partial charge >= 0.3 is 0 Å². The standard InChI is InChI=1S/C22H18N4O/c27-22(17-6-12-21(13-7-17)26-15-14-23-16-26)25-20-10-8-19(9-11-20)24-18-4-2-1-3-5-18/h1-16,24H,(H,25,27). The number of hydrogen-bond donors (Lipinski definition) is 2. The minimum absolute atomic E-state index is 0.143. The molecule has 0 saturated carbocycles. The van der Waals surface area contributed by atoms with Crippen LogP contribution in [0, 0.1) is 0 Å². The Kier molecular flexibility index (Phi) is 4.66. The van der Waals surface area contributed by atoms with Gasteiger partial charge in [0.25, 0.3) is 5.91 Å². The topological polar surface area (TPSA) is 59.0 Å². The average molecular weight is 354 g/mol. The molecule has 0 bridgehead atoms. The summed E-state index contributed by atoms with van der Waals surface area (Å²) < 4.78 is 1.89. The van der Waals surface area contributed by atoms with Crippen LogP contribution in [0.4, 0.5) is 17.1 Å². The summed E-state index contributed by atoms with van der Waals surface area (Å²) in [5.74, 6) is -0.143. The van der Waals surface area contributed by atoms with Gasteiger partial charge in [0.15, 0.2) is 0 Å². The van der Waals surface area contributed by atoms with Crippen molar-refractivity contribution in [3.63, 3.8) is 0 Å². The molecule has 4 rings (SSSR count). The van der Waals surface area contributed by atoms with Gasteiger partial charge in [0, 0.05) is 40.7 Å². The van der Waals surface area contributed by atoms with Gasteiger partial charge in [0.1, 0.15) is 0 Å². The second-order valence-electron chi connectivity index (χ2n) is 6.04. The number of rotatable bonds is 5. The number of nitrogens with one attached hydrogen (secondary N) is 2. The number of carbonyl (C=O) groups excluding carboxylic acids is 1. The van der Waals surface area contributed by atoms with Crippen molar-refractivity contribution in [1.82, 2.24) is 9.55 Å². The summed E-state index contributed by atoms with van der Waals surface area (Å²) in [6, 6.07) is 25.0. The van der Waals surface area contributed by atoms with Gasteiger partial charge in [-0.3, -0.25) is 4.79 Å². The Hall–Kier alpha value is -3.86. The molecule has 27 heavy (non-hydrogen) atoms. The van der Waals surface area contributed by atoms with E-state index in [1.165, 1.54) is 0 Å². The number of benzene rings is 3. The van der Waals surface area contributed by atoms with Crippen LogP contribution in [-0.2, 0) is 0 Å². The first-order valence-electron chi connectivity index (χ1n) is 8.60. The molecule has 4 aromatic rings. The van der Waals surface area contributed by atoms with Gasteiger partial charge < -0.3 is 15.2 Å². The molecule has 0 aliphatic carbocycles. The fourth-order valence-corrected chi connectivity index (χ4v) is 2.73. The van der Waals surface area contributed by atoms with Crippen LogP contribution < -0.4 is 10.6 Å². The number of carbonyl (C=O) groups is 1. The van der Waals surface area contributed by atoms with Crippen molar-refractivity contribution in [3.05, 3.63) is 103 Å². The van der Waals surface area contributed by atoms with Gasteiger partial charge in [0.05, 0.1) is 6.33 Å². The van der Waals surface area contributed by atoms with Crippen LogP contribution in [0.25, 0.3) is 5.69 Å². The van der Waals surface area contributed by atoms with Crippen molar-refractivity contribution in [2.75, 3.05) is 10.6 Å². The summed E-state index contributed by atoms with van der Waals surface area (Å²) in [5.41, 5.74) is 4.29. The third kappa shape index (κ3) is 4.04. The van der Waals surface area contributed by atoms with Crippen molar-refractivity contribution < 1.29 is 4.79 Å². The minimum atomic E-state index is -0.143. The largest absolute Gasteiger partial charge is 0.356 e. The minimum Gasteiger partial charge on any atom is -0.356 e. The highest BCUT2D eigenvalue weighted by Crippen LogP contribution is 2.19. The van der Waals surface area contributed by atoms with Gasteiger partial charge in [-0.1, -0.05) is 18.2 Å². The van der Waals surface area contributed by atoms with Gasteiger partial charge in [-0.25, -0.2) is 4.98 Å². The molecule has 0 atom stereocenters. The van der Waals surface area contributed by atoms with E-state index in [9.17, 15) is 4.79 Å². The molecule has 1 heterocycles. The molecule has 0 aliphatic rings. The van der Waals surface area contributed by atoms with Gasteiger partial charge in [-0.15, -0.1) is 0 Å². The summed E-state index contributed by atoms with van der Waals surface area (Å²) in [5, 5.41) is 6.23. The van der Waals surface area contributed by atoms with Crippen LogP contribution in [0.5, 0.6) is 0 Å². The monoisotopic (exact) mass is 354 g/mol. The molecule has 1 aromatic heterocycles. The van der Waals surface area contributed by atoms with E-state index in [1.54, 1.807) is 24.7 Å². The predicted molar refractivity (Wildman–Crippen MR) is 108 cm³/mol. The van der Waals surface area contributed by atoms with E-state index in [2.05, 4.69) is 15.6 Å². The van der Waals surface area contributed by atoms with E-state index in [0.717, 1.165) is 22.7 Å². The first-order valence-corrected chi connectivity index (χ1v) is 8.60. The van der Waals surface area contributed by atoms with E-state index >= 15 is 0 Å². The molecule has 3 aromatic carbocycles. The second-order valence-corrected chi connectivity index (χ2v) is 6.04. The van der Waals surface area contributed by atoms with Crippen molar-refractivity contribution in [1.29, 1.82) is 0 Å². The molecule has 0 saturated heterocycles. The lowest BCUT2D eigenvalue weighted by Gasteiger charge is -2.09. The van der Waals surface area contributed by atoms with Crippen molar-refractivity contribution in [3.8, 4) is 5.69 Å². The normalized spacial score (nSPS) is 10.4. The van der Waals surface area contributed by atoms with E-state index in [4.69, 9.17) is 0 Å². The smallest absolute Gasteiger partial charge is 0.255 e. The lowest BCUT2D eigenvalue weighted by atomic mass is 10.2. The Morgan fingerprint density at radius 1 is 0.778 bits per heavy atom.